The molecular formula is C24H25ClN4O2S. The van der Waals surface area contributed by atoms with Gasteiger partial charge in [-0.2, -0.15) is 0 Å². The Balaban J connectivity index is 1.20. The maximum atomic E-state index is 12.5. The van der Waals surface area contributed by atoms with E-state index < -0.39 is 0 Å². The van der Waals surface area contributed by atoms with E-state index in [2.05, 4.69) is 20.5 Å². The summed E-state index contributed by atoms with van der Waals surface area (Å²) in [5, 5.41) is 6.83. The Kier molecular flexibility index (Phi) is 7.39. The standard InChI is InChI=1S/C24H25ClN4O2S/c25-20-4-2-1-3-19(20)23(30)28-22-6-5-21(32-22)24(31)27-14-7-17-10-15-29(16-11-17)18-8-12-26-13-9-18/h1-6,8-9,12-13,17H,7,10-11,14-16H2,(H,27,31)(H,28,30). The fraction of sp³-hybridized carbons (Fsp3) is 0.292. The highest BCUT2D eigenvalue weighted by molar-refractivity contribution is 7.18. The number of carbonyl (C=O) groups excluding carboxylic acids is 2. The second-order valence-corrected chi connectivity index (χ2v) is 9.27. The van der Waals surface area contributed by atoms with Gasteiger partial charge in [0.15, 0.2) is 0 Å². The fourth-order valence-electron chi connectivity index (χ4n) is 3.86. The number of benzene rings is 1. The molecule has 4 rings (SSSR count). The summed E-state index contributed by atoms with van der Waals surface area (Å²) in [6.07, 6.45) is 6.87. The van der Waals surface area contributed by atoms with Crippen LogP contribution in [0.25, 0.3) is 0 Å². The van der Waals surface area contributed by atoms with Gasteiger partial charge in [-0.25, -0.2) is 0 Å². The Bertz CT molecular complexity index is 1060. The summed E-state index contributed by atoms with van der Waals surface area (Å²) in [7, 11) is 0. The minimum absolute atomic E-state index is 0.109. The Hall–Kier alpha value is -2.90. The van der Waals surface area contributed by atoms with Crippen molar-refractivity contribution in [2.75, 3.05) is 29.9 Å². The maximum Gasteiger partial charge on any atom is 0.261 e. The van der Waals surface area contributed by atoms with Gasteiger partial charge in [0.1, 0.15) is 0 Å². The molecule has 3 heterocycles. The number of hydrogen-bond acceptors (Lipinski definition) is 5. The molecule has 1 fully saturated rings. The van der Waals surface area contributed by atoms with Crippen molar-refractivity contribution >= 4 is 45.4 Å². The molecule has 0 saturated carbocycles. The van der Waals surface area contributed by atoms with E-state index in [1.165, 1.54) is 17.0 Å². The molecule has 0 aliphatic carbocycles. The van der Waals surface area contributed by atoms with Crippen LogP contribution in [0.2, 0.25) is 5.02 Å². The van der Waals surface area contributed by atoms with Gasteiger partial charge in [-0.3, -0.25) is 14.6 Å². The molecule has 8 heteroatoms. The van der Waals surface area contributed by atoms with Crippen molar-refractivity contribution in [3.05, 3.63) is 76.4 Å². The maximum absolute atomic E-state index is 12.5. The van der Waals surface area contributed by atoms with Gasteiger partial charge >= 0.3 is 0 Å². The first-order valence-electron chi connectivity index (χ1n) is 10.7. The number of pyridine rings is 1. The molecule has 1 aromatic carbocycles. The third-order valence-corrected chi connectivity index (χ3v) is 6.99. The molecule has 1 saturated heterocycles. The fourth-order valence-corrected chi connectivity index (χ4v) is 4.90. The second kappa shape index (κ2) is 10.6. The van der Waals surface area contributed by atoms with Gasteiger partial charge in [0.25, 0.3) is 11.8 Å². The first-order valence-corrected chi connectivity index (χ1v) is 11.9. The van der Waals surface area contributed by atoms with Crippen molar-refractivity contribution in [3.8, 4) is 0 Å². The number of amides is 2. The Morgan fingerprint density at radius 1 is 1.03 bits per heavy atom. The van der Waals surface area contributed by atoms with Gasteiger partial charge in [-0.1, -0.05) is 23.7 Å². The molecule has 2 N–H and O–H groups in total. The lowest BCUT2D eigenvalue weighted by Crippen LogP contribution is -2.35. The third-order valence-electron chi connectivity index (χ3n) is 5.67. The zero-order valence-corrected chi connectivity index (χ0v) is 19.2. The van der Waals surface area contributed by atoms with Crippen molar-refractivity contribution in [2.45, 2.75) is 19.3 Å². The zero-order chi connectivity index (χ0) is 22.3. The van der Waals surface area contributed by atoms with Crippen LogP contribution in [-0.4, -0.2) is 36.4 Å². The van der Waals surface area contributed by atoms with Crippen molar-refractivity contribution < 1.29 is 9.59 Å². The normalized spacial score (nSPS) is 14.2. The lowest BCUT2D eigenvalue weighted by atomic mass is 9.93. The number of aromatic nitrogens is 1. The van der Waals surface area contributed by atoms with Gasteiger partial charge < -0.3 is 15.5 Å². The first kappa shape index (κ1) is 22.3. The summed E-state index contributed by atoms with van der Waals surface area (Å²) < 4.78 is 0. The molecule has 2 aromatic heterocycles. The molecule has 0 spiro atoms. The summed E-state index contributed by atoms with van der Waals surface area (Å²) in [6.45, 7) is 2.71. The zero-order valence-electron chi connectivity index (χ0n) is 17.6. The van der Waals surface area contributed by atoms with Crippen LogP contribution in [-0.2, 0) is 0 Å². The van der Waals surface area contributed by atoms with Crippen molar-refractivity contribution in [1.82, 2.24) is 10.3 Å². The molecule has 6 nitrogen and oxygen atoms in total. The predicted molar refractivity (Wildman–Crippen MR) is 130 cm³/mol. The largest absolute Gasteiger partial charge is 0.371 e. The Labute approximate surface area is 196 Å². The van der Waals surface area contributed by atoms with Crippen molar-refractivity contribution in [3.63, 3.8) is 0 Å². The van der Waals surface area contributed by atoms with E-state index in [4.69, 9.17) is 11.6 Å². The van der Waals surface area contributed by atoms with E-state index in [0.717, 1.165) is 32.4 Å². The number of nitrogens with zero attached hydrogens (tertiary/aromatic N) is 2. The highest BCUT2D eigenvalue weighted by Crippen LogP contribution is 2.26. The van der Waals surface area contributed by atoms with E-state index in [9.17, 15) is 9.59 Å². The number of nitrogens with one attached hydrogen (secondary N) is 2. The molecule has 32 heavy (non-hydrogen) atoms. The number of anilines is 2. The minimum Gasteiger partial charge on any atom is -0.371 e. The van der Waals surface area contributed by atoms with E-state index in [1.54, 1.807) is 36.4 Å². The molecule has 3 aromatic rings. The molecule has 166 valence electrons. The monoisotopic (exact) mass is 468 g/mol. The Morgan fingerprint density at radius 3 is 2.53 bits per heavy atom. The van der Waals surface area contributed by atoms with Crippen molar-refractivity contribution in [2.24, 2.45) is 5.92 Å². The minimum atomic E-state index is -0.289. The van der Waals surface area contributed by atoms with E-state index in [0.29, 0.717) is 32.9 Å². The number of piperidine rings is 1. The summed E-state index contributed by atoms with van der Waals surface area (Å²) >= 11 is 7.33. The van der Waals surface area contributed by atoms with Crippen LogP contribution in [0, 0.1) is 5.92 Å². The van der Waals surface area contributed by atoms with Crippen LogP contribution in [0.3, 0.4) is 0 Å². The number of hydrogen-bond donors (Lipinski definition) is 2. The lowest BCUT2D eigenvalue weighted by Gasteiger charge is -2.33. The van der Waals surface area contributed by atoms with Gasteiger partial charge in [-0.15, -0.1) is 11.3 Å². The predicted octanol–water partition coefficient (Wildman–Crippen LogP) is 5.09. The number of rotatable bonds is 7. The average molecular weight is 469 g/mol. The molecular weight excluding hydrogens is 444 g/mol. The van der Waals surface area contributed by atoms with Gasteiger partial charge in [0.2, 0.25) is 0 Å². The van der Waals surface area contributed by atoms with E-state index in [1.807, 2.05) is 24.5 Å². The first-order chi connectivity index (χ1) is 15.6. The molecule has 1 aliphatic rings. The molecule has 0 radical (unpaired) electrons. The molecule has 0 bridgehead atoms. The Morgan fingerprint density at radius 2 is 1.78 bits per heavy atom. The van der Waals surface area contributed by atoms with Crippen LogP contribution in [0.1, 0.15) is 39.3 Å². The van der Waals surface area contributed by atoms with Gasteiger partial charge in [0, 0.05) is 37.7 Å². The number of halogens is 1. The average Bonchev–Trinajstić information content (AvgIpc) is 3.29. The van der Waals surface area contributed by atoms with Crippen LogP contribution in [0.15, 0.2) is 60.9 Å². The highest BCUT2D eigenvalue weighted by Gasteiger charge is 2.20. The van der Waals surface area contributed by atoms with Gasteiger partial charge in [0.05, 0.1) is 20.5 Å². The SMILES string of the molecule is O=C(NCCC1CCN(c2ccncc2)CC1)c1ccc(NC(=O)c2ccccc2Cl)s1. The second-order valence-electron chi connectivity index (χ2n) is 7.78. The quantitative estimate of drug-likeness (QED) is 0.506. The van der Waals surface area contributed by atoms with Crippen LogP contribution >= 0.6 is 22.9 Å². The number of carbonyl (C=O) groups is 2. The molecule has 0 unspecified atom stereocenters. The summed E-state index contributed by atoms with van der Waals surface area (Å²) in [5.41, 5.74) is 1.63. The number of thiophene rings is 1. The highest BCUT2D eigenvalue weighted by atomic mass is 35.5. The van der Waals surface area contributed by atoms with Crippen LogP contribution in [0.5, 0.6) is 0 Å². The summed E-state index contributed by atoms with van der Waals surface area (Å²) in [4.78, 5) is 31.9. The smallest absolute Gasteiger partial charge is 0.261 e. The van der Waals surface area contributed by atoms with Crippen LogP contribution < -0.4 is 15.5 Å². The molecule has 1 aliphatic heterocycles. The molecule has 2 amide bonds. The topological polar surface area (TPSA) is 74.3 Å². The van der Waals surface area contributed by atoms with E-state index >= 15 is 0 Å². The summed E-state index contributed by atoms with van der Waals surface area (Å²) in [5.74, 6) is 0.215. The third kappa shape index (κ3) is 5.66. The van der Waals surface area contributed by atoms with Crippen LogP contribution in [0.4, 0.5) is 10.7 Å². The lowest BCUT2D eigenvalue weighted by molar-refractivity contribution is 0.0953. The molecule has 0 atom stereocenters. The van der Waals surface area contributed by atoms with Gasteiger partial charge in [-0.05, 0) is 61.6 Å². The summed E-state index contributed by atoms with van der Waals surface area (Å²) in [6, 6.07) is 14.4. The van der Waals surface area contributed by atoms with Crippen molar-refractivity contribution in [1.29, 1.82) is 0 Å². The van der Waals surface area contributed by atoms with E-state index in [-0.39, 0.29) is 11.8 Å².